The van der Waals surface area contributed by atoms with Crippen LogP contribution in [0.2, 0.25) is 0 Å². The summed E-state index contributed by atoms with van der Waals surface area (Å²) < 4.78 is 0. The van der Waals surface area contributed by atoms with E-state index < -0.39 is 5.97 Å². The van der Waals surface area contributed by atoms with E-state index in [-0.39, 0.29) is 16.5 Å². The molecule has 0 aliphatic carbocycles. The van der Waals surface area contributed by atoms with Gasteiger partial charge in [-0.05, 0) is 25.7 Å². The maximum Gasteiger partial charge on any atom is 0.339 e. The maximum absolute atomic E-state index is 11.1. The molecule has 0 aliphatic rings. The van der Waals surface area contributed by atoms with Gasteiger partial charge in [-0.2, -0.15) is 0 Å². The average Bonchev–Trinajstić information content (AvgIpc) is 2.23. The smallest absolute Gasteiger partial charge is 0.339 e. The van der Waals surface area contributed by atoms with Gasteiger partial charge in [0.1, 0.15) is 11.9 Å². The Kier molecular flexibility index (Phi) is 4.63. The number of hydrogen-bond acceptors (Lipinski definition) is 4. The Morgan fingerprint density at radius 2 is 1.95 bits per heavy atom. The molecule has 5 nitrogen and oxygen atoms in total. The number of rotatable bonds is 5. The summed E-state index contributed by atoms with van der Waals surface area (Å²) in [5.74, 6) is -0.994. The van der Waals surface area contributed by atoms with Crippen molar-refractivity contribution in [2.45, 2.75) is 53.1 Å². The SMILES string of the molecule is CC(C)(C)CC(C)(C)NCc1ncncc1C(=O)O. The molecule has 2 N–H and O–H groups in total. The second-order valence-electron chi connectivity index (χ2n) is 6.66. The minimum atomic E-state index is -0.994. The van der Waals surface area contributed by atoms with Crippen LogP contribution in [0.25, 0.3) is 0 Å². The second-order valence-corrected chi connectivity index (χ2v) is 6.66. The molecule has 0 aromatic carbocycles. The van der Waals surface area contributed by atoms with E-state index in [1.807, 2.05) is 0 Å². The molecule has 0 aliphatic heterocycles. The van der Waals surface area contributed by atoms with Crippen LogP contribution in [0.1, 0.15) is 57.1 Å². The summed E-state index contributed by atoms with van der Waals surface area (Å²) in [5, 5.41) is 12.4. The van der Waals surface area contributed by atoms with Crippen LogP contribution >= 0.6 is 0 Å². The van der Waals surface area contributed by atoms with Gasteiger partial charge in [-0.3, -0.25) is 0 Å². The Balaban J connectivity index is 2.74. The summed E-state index contributed by atoms with van der Waals surface area (Å²) in [6.45, 7) is 11.2. The summed E-state index contributed by atoms with van der Waals surface area (Å²) in [5.41, 5.74) is 0.794. The highest BCUT2D eigenvalue weighted by Crippen LogP contribution is 2.27. The summed E-state index contributed by atoms with van der Waals surface area (Å²) in [7, 11) is 0. The summed E-state index contributed by atoms with van der Waals surface area (Å²) >= 11 is 0. The van der Waals surface area contributed by atoms with E-state index in [2.05, 4.69) is 49.9 Å². The van der Waals surface area contributed by atoms with Crippen molar-refractivity contribution >= 4 is 5.97 Å². The van der Waals surface area contributed by atoms with E-state index in [0.717, 1.165) is 6.42 Å². The first-order valence-electron chi connectivity index (χ1n) is 6.38. The van der Waals surface area contributed by atoms with Crippen LogP contribution in [0, 0.1) is 5.41 Å². The van der Waals surface area contributed by atoms with Crippen molar-refractivity contribution in [3.63, 3.8) is 0 Å². The fraction of sp³-hybridized carbons (Fsp3) is 0.643. The summed E-state index contributed by atoms with van der Waals surface area (Å²) in [4.78, 5) is 18.9. The van der Waals surface area contributed by atoms with E-state index in [4.69, 9.17) is 5.11 Å². The molecule has 0 amide bonds. The minimum Gasteiger partial charge on any atom is -0.478 e. The predicted molar refractivity (Wildman–Crippen MR) is 74.0 cm³/mol. The van der Waals surface area contributed by atoms with Gasteiger partial charge < -0.3 is 10.4 Å². The monoisotopic (exact) mass is 265 g/mol. The van der Waals surface area contributed by atoms with Crippen molar-refractivity contribution in [2.75, 3.05) is 0 Å². The van der Waals surface area contributed by atoms with Gasteiger partial charge >= 0.3 is 5.97 Å². The largest absolute Gasteiger partial charge is 0.478 e. The fourth-order valence-electron chi connectivity index (χ4n) is 2.39. The second kappa shape index (κ2) is 5.65. The molecule has 1 aromatic rings. The van der Waals surface area contributed by atoms with Gasteiger partial charge in [-0.25, -0.2) is 14.8 Å². The zero-order chi connectivity index (χ0) is 14.7. The topological polar surface area (TPSA) is 75.1 Å². The van der Waals surface area contributed by atoms with Gasteiger partial charge in [-0.1, -0.05) is 20.8 Å². The summed E-state index contributed by atoms with van der Waals surface area (Å²) in [6.07, 6.45) is 3.69. The third-order valence-corrected chi connectivity index (χ3v) is 2.73. The van der Waals surface area contributed by atoms with Crippen molar-refractivity contribution in [2.24, 2.45) is 5.41 Å². The number of carboxylic acid groups (broad SMARTS) is 1. The highest BCUT2D eigenvalue weighted by atomic mass is 16.4. The normalized spacial score (nSPS) is 12.5. The number of nitrogens with zero attached hydrogens (tertiary/aromatic N) is 2. The Morgan fingerprint density at radius 3 is 2.47 bits per heavy atom. The van der Waals surface area contributed by atoms with Crippen molar-refractivity contribution in [1.29, 1.82) is 0 Å². The van der Waals surface area contributed by atoms with Crippen molar-refractivity contribution in [3.05, 3.63) is 23.8 Å². The lowest BCUT2D eigenvalue weighted by Crippen LogP contribution is -2.42. The molecule has 1 aromatic heterocycles. The molecular weight excluding hydrogens is 242 g/mol. The van der Waals surface area contributed by atoms with Crippen molar-refractivity contribution in [1.82, 2.24) is 15.3 Å². The Hall–Kier alpha value is -1.49. The number of carboxylic acids is 1. The van der Waals surface area contributed by atoms with Gasteiger partial charge in [-0.15, -0.1) is 0 Å². The highest BCUT2D eigenvalue weighted by Gasteiger charge is 2.25. The number of carbonyl (C=O) groups is 1. The molecule has 0 atom stereocenters. The Morgan fingerprint density at radius 1 is 1.32 bits per heavy atom. The van der Waals surface area contributed by atoms with Gasteiger partial charge in [0, 0.05) is 18.3 Å². The van der Waals surface area contributed by atoms with Crippen molar-refractivity contribution < 1.29 is 9.90 Å². The molecular formula is C14H23N3O2. The average molecular weight is 265 g/mol. The first-order chi connectivity index (χ1) is 8.61. The molecule has 19 heavy (non-hydrogen) atoms. The van der Waals surface area contributed by atoms with Crippen LogP contribution in [-0.2, 0) is 6.54 Å². The third kappa shape index (κ3) is 5.34. The molecule has 0 saturated heterocycles. The summed E-state index contributed by atoms with van der Waals surface area (Å²) in [6, 6.07) is 0. The van der Waals surface area contributed by atoms with Crippen LogP contribution < -0.4 is 5.32 Å². The number of nitrogens with one attached hydrogen (secondary N) is 1. The number of aromatic carboxylic acids is 1. The van der Waals surface area contributed by atoms with Gasteiger partial charge in [0.25, 0.3) is 0 Å². The highest BCUT2D eigenvalue weighted by molar-refractivity contribution is 5.88. The third-order valence-electron chi connectivity index (χ3n) is 2.73. The number of hydrogen-bond donors (Lipinski definition) is 2. The van der Waals surface area contributed by atoms with Crippen LogP contribution in [-0.4, -0.2) is 26.6 Å². The zero-order valence-corrected chi connectivity index (χ0v) is 12.3. The van der Waals surface area contributed by atoms with Gasteiger partial charge in [0.2, 0.25) is 0 Å². The van der Waals surface area contributed by atoms with Crippen LogP contribution in [0.15, 0.2) is 12.5 Å². The molecule has 0 unspecified atom stereocenters. The Labute approximate surface area is 114 Å². The molecule has 1 rings (SSSR count). The number of aromatic nitrogens is 2. The van der Waals surface area contributed by atoms with E-state index in [9.17, 15) is 4.79 Å². The van der Waals surface area contributed by atoms with Crippen molar-refractivity contribution in [3.8, 4) is 0 Å². The quantitative estimate of drug-likeness (QED) is 0.855. The van der Waals surface area contributed by atoms with E-state index in [1.165, 1.54) is 12.5 Å². The van der Waals surface area contributed by atoms with Gasteiger partial charge in [0.15, 0.2) is 0 Å². The Bertz CT molecular complexity index is 450. The van der Waals surface area contributed by atoms with Crippen LogP contribution in [0.4, 0.5) is 0 Å². The molecule has 5 heteroatoms. The molecule has 0 bridgehead atoms. The molecule has 0 saturated carbocycles. The van der Waals surface area contributed by atoms with Crippen LogP contribution in [0.5, 0.6) is 0 Å². The molecule has 1 heterocycles. The molecule has 0 spiro atoms. The van der Waals surface area contributed by atoms with E-state index >= 15 is 0 Å². The predicted octanol–water partition coefficient (Wildman–Crippen LogP) is 2.48. The van der Waals surface area contributed by atoms with E-state index in [1.54, 1.807) is 0 Å². The molecule has 0 fully saturated rings. The van der Waals surface area contributed by atoms with Crippen LogP contribution in [0.3, 0.4) is 0 Å². The first kappa shape index (κ1) is 15.6. The molecule has 106 valence electrons. The molecule has 0 radical (unpaired) electrons. The minimum absolute atomic E-state index is 0.0844. The van der Waals surface area contributed by atoms with E-state index in [0.29, 0.717) is 12.2 Å². The zero-order valence-electron chi connectivity index (χ0n) is 12.3. The van der Waals surface area contributed by atoms with Gasteiger partial charge in [0.05, 0.1) is 5.69 Å². The first-order valence-corrected chi connectivity index (χ1v) is 6.38. The lowest BCUT2D eigenvalue weighted by molar-refractivity contribution is 0.0694. The standard InChI is InChI=1S/C14H23N3O2/c1-13(2,3)8-14(4,5)17-7-11-10(12(18)19)6-15-9-16-11/h6,9,17H,7-8H2,1-5H3,(H,18,19). The lowest BCUT2D eigenvalue weighted by atomic mass is 9.82. The fourth-order valence-corrected chi connectivity index (χ4v) is 2.39. The lowest BCUT2D eigenvalue weighted by Gasteiger charge is -2.33. The maximum atomic E-state index is 11.1.